The summed E-state index contributed by atoms with van der Waals surface area (Å²) in [6.45, 7) is 0. The van der Waals surface area contributed by atoms with Crippen LogP contribution in [0.2, 0.25) is 0 Å². The van der Waals surface area contributed by atoms with Gasteiger partial charge in [0.25, 0.3) is 0 Å². The van der Waals surface area contributed by atoms with Crippen molar-refractivity contribution in [1.82, 2.24) is 4.72 Å². The van der Waals surface area contributed by atoms with Crippen LogP contribution in [0.15, 0.2) is 0 Å². The summed E-state index contributed by atoms with van der Waals surface area (Å²) in [4.78, 5) is 10.8. The SMILES string of the molecule is O=C(NS(=O)(=O)Cl)OC1CCCC1. The number of carbonyl (C=O) groups is 1. The third-order valence-corrected chi connectivity index (χ3v) is 2.42. The van der Waals surface area contributed by atoms with Crippen LogP contribution in [0, 0.1) is 0 Å². The fraction of sp³-hybridized carbons (Fsp3) is 0.833. The van der Waals surface area contributed by atoms with E-state index in [9.17, 15) is 13.2 Å². The minimum atomic E-state index is -4.02. The third-order valence-electron chi connectivity index (χ3n) is 1.78. The molecule has 0 heterocycles. The lowest BCUT2D eigenvalue weighted by Gasteiger charge is -2.10. The van der Waals surface area contributed by atoms with Crippen LogP contribution in [0.4, 0.5) is 4.79 Å². The van der Waals surface area contributed by atoms with Crippen molar-refractivity contribution in [2.24, 2.45) is 0 Å². The standard InChI is InChI=1S/C6H10ClNO4S/c7-13(10,11)8-6(9)12-5-3-1-2-4-5/h5H,1-4H2,(H,8,9). The van der Waals surface area contributed by atoms with Gasteiger partial charge in [0, 0.05) is 10.7 Å². The fourth-order valence-corrected chi connectivity index (χ4v) is 1.72. The molecule has 1 amide bonds. The Morgan fingerprint density at radius 1 is 1.38 bits per heavy atom. The molecule has 0 saturated heterocycles. The summed E-state index contributed by atoms with van der Waals surface area (Å²) in [5.41, 5.74) is 0. The molecule has 1 fully saturated rings. The van der Waals surface area contributed by atoms with Gasteiger partial charge in [-0.15, -0.1) is 0 Å². The van der Waals surface area contributed by atoms with Crippen molar-refractivity contribution < 1.29 is 17.9 Å². The summed E-state index contributed by atoms with van der Waals surface area (Å²) in [6, 6.07) is 0. The Morgan fingerprint density at radius 3 is 2.38 bits per heavy atom. The van der Waals surface area contributed by atoms with E-state index in [2.05, 4.69) is 0 Å². The molecule has 5 nitrogen and oxygen atoms in total. The molecule has 13 heavy (non-hydrogen) atoms. The van der Waals surface area contributed by atoms with E-state index < -0.39 is 15.3 Å². The fourth-order valence-electron chi connectivity index (χ4n) is 1.28. The maximum atomic E-state index is 10.8. The highest BCUT2D eigenvalue weighted by Gasteiger charge is 2.21. The molecule has 1 saturated carbocycles. The van der Waals surface area contributed by atoms with E-state index in [4.69, 9.17) is 15.4 Å². The molecule has 1 rings (SSSR count). The summed E-state index contributed by atoms with van der Waals surface area (Å²) < 4.78 is 27.0. The Labute approximate surface area is 81.0 Å². The first-order valence-electron chi connectivity index (χ1n) is 3.90. The van der Waals surface area contributed by atoms with E-state index in [1.165, 1.54) is 4.72 Å². The van der Waals surface area contributed by atoms with Gasteiger partial charge in [-0.1, -0.05) is 0 Å². The zero-order valence-corrected chi connectivity index (χ0v) is 8.40. The molecule has 7 heteroatoms. The minimum Gasteiger partial charge on any atom is -0.446 e. The Hall–Kier alpha value is -0.490. The molecule has 0 atom stereocenters. The lowest BCUT2D eigenvalue weighted by atomic mass is 10.3. The van der Waals surface area contributed by atoms with Gasteiger partial charge in [-0.2, -0.15) is 8.42 Å². The van der Waals surface area contributed by atoms with Crippen LogP contribution >= 0.6 is 10.7 Å². The second-order valence-corrected chi connectivity index (χ2v) is 5.15. The van der Waals surface area contributed by atoms with Gasteiger partial charge in [-0.05, 0) is 25.7 Å². The van der Waals surface area contributed by atoms with Crippen LogP contribution in [-0.2, 0) is 14.0 Å². The van der Waals surface area contributed by atoms with Crippen molar-refractivity contribution in [3.8, 4) is 0 Å². The summed E-state index contributed by atoms with van der Waals surface area (Å²) in [7, 11) is 0.756. The first-order valence-corrected chi connectivity index (χ1v) is 6.21. The van der Waals surface area contributed by atoms with Gasteiger partial charge >= 0.3 is 15.3 Å². The molecule has 0 aromatic carbocycles. The van der Waals surface area contributed by atoms with Crippen LogP contribution in [0.5, 0.6) is 0 Å². The van der Waals surface area contributed by atoms with Gasteiger partial charge in [-0.3, -0.25) is 0 Å². The molecule has 0 unspecified atom stereocenters. The van der Waals surface area contributed by atoms with E-state index in [1.54, 1.807) is 0 Å². The van der Waals surface area contributed by atoms with Crippen molar-refractivity contribution in [3.05, 3.63) is 0 Å². The molecule has 0 aliphatic heterocycles. The number of hydrogen-bond donors (Lipinski definition) is 1. The van der Waals surface area contributed by atoms with Crippen molar-refractivity contribution in [2.45, 2.75) is 31.8 Å². The first-order chi connectivity index (χ1) is 5.97. The third kappa shape index (κ3) is 4.33. The Kier molecular flexibility index (Phi) is 3.38. The molecule has 1 N–H and O–H groups in total. The molecule has 0 bridgehead atoms. The van der Waals surface area contributed by atoms with Crippen molar-refractivity contribution in [2.75, 3.05) is 0 Å². The van der Waals surface area contributed by atoms with Gasteiger partial charge in [0.1, 0.15) is 6.10 Å². The maximum absolute atomic E-state index is 10.8. The lowest BCUT2D eigenvalue weighted by Crippen LogP contribution is -2.30. The molecule has 0 aromatic rings. The smallest absolute Gasteiger partial charge is 0.422 e. The van der Waals surface area contributed by atoms with Crippen LogP contribution in [0.25, 0.3) is 0 Å². The lowest BCUT2D eigenvalue weighted by molar-refractivity contribution is 0.106. The first kappa shape index (κ1) is 10.6. The van der Waals surface area contributed by atoms with Crippen molar-refractivity contribution in [1.29, 1.82) is 0 Å². The number of halogens is 1. The highest BCUT2D eigenvalue weighted by atomic mass is 35.7. The molecular formula is C6H10ClNO4S. The summed E-state index contributed by atoms with van der Waals surface area (Å²) in [5.74, 6) is 0. The van der Waals surface area contributed by atoms with E-state index in [-0.39, 0.29) is 6.10 Å². The van der Waals surface area contributed by atoms with E-state index in [0.29, 0.717) is 0 Å². The van der Waals surface area contributed by atoms with Gasteiger partial charge in [0.15, 0.2) is 0 Å². The van der Waals surface area contributed by atoms with Crippen molar-refractivity contribution >= 4 is 26.0 Å². The van der Waals surface area contributed by atoms with E-state index in [0.717, 1.165) is 25.7 Å². The summed E-state index contributed by atoms with van der Waals surface area (Å²) in [6.07, 6.45) is 2.42. The minimum absolute atomic E-state index is 0.168. The number of ether oxygens (including phenoxy) is 1. The normalized spacial score (nSPS) is 18.5. The van der Waals surface area contributed by atoms with Gasteiger partial charge in [-0.25, -0.2) is 9.52 Å². The largest absolute Gasteiger partial charge is 0.446 e. The number of rotatable bonds is 2. The molecular weight excluding hydrogens is 218 g/mol. The van der Waals surface area contributed by atoms with Gasteiger partial charge in [0.05, 0.1) is 0 Å². The van der Waals surface area contributed by atoms with Crippen LogP contribution in [0.3, 0.4) is 0 Å². The summed E-state index contributed by atoms with van der Waals surface area (Å²) >= 11 is 0. The van der Waals surface area contributed by atoms with Crippen LogP contribution < -0.4 is 4.72 Å². The highest BCUT2D eigenvalue weighted by Crippen LogP contribution is 2.20. The average molecular weight is 228 g/mol. The molecule has 0 spiro atoms. The van der Waals surface area contributed by atoms with Crippen LogP contribution in [0.1, 0.15) is 25.7 Å². The quantitative estimate of drug-likeness (QED) is 0.718. The average Bonchev–Trinajstić information content (AvgIpc) is 2.34. The molecule has 1 aliphatic carbocycles. The second-order valence-electron chi connectivity index (χ2n) is 2.85. The summed E-state index contributed by atoms with van der Waals surface area (Å²) in [5, 5.41) is 0. The number of carbonyl (C=O) groups excluding carboxylic acids is 1. The molecule has 1 aliphatic rings. The highest BCUT2D eigenvalue weighted by molar-refractivity contribution is 8.12. The van der Waals surface area contributed by atoms with E-state index >= 15 is 0 Å². The predicted octanol–water partition coefficient (Wildman–Crippen LogP) is 1.14. The molecule has 0 radical (unpaired) electrons. The second kappa shape index (κ2) is 4.15. The zero-order chi connectivity index (χ0) is 9.90. The van der Waals surface area contributed by atoms with Crippen LogP contribution in [-0.4, -0.2) is 20.6 Å². The van der Waals surface area contributed by atoms with Crippen molar-refractivity contribution in [3.63, 3.8) is 0 Å². The zero-order valence-electron chi connectivity index (χ0n) is 6.82. The monoisotopic (exact) mass is 227 g/mol. The Balaban J connectivity index is 2.33. The molecule has 0 aromatic heterocycles. The maximum Gasteiger partial charge on any atom is 0.422 e. The van der Waals surface area contributed by atoms with Gasteiger partial charge < -0.3 is 4.74 Å². The predicted molar refractivity (Wildman–Crippen MR) is 46.6 cm³/mol. The topological polar surface area (TPSA) is 72.5 Å². The number of nitrogens with one attached hydrogen (secondary N) is 1. The Bertz CT molecular complexity index is 283. The number of hydrogen-bond acceptors (Lipinski definition) is 4. The molecule has 76 valence electrons. The van der Waals surface area contributed by atoms with E-state index in [1.807, 2.05) is 0 Å². The van der Waals surface area contributed by atoms with Gasteiger partial charge in [0.2, 0.25) is 0 Å². The number of amides is 1. The Morgan fingerprint density at radius 2 is 1.92 bits per heavy atom.